The number of fused-ring (bicyclic) bond motifs is 6. The molecule has 2 aromatic rings. The molecule has 5 rings (SSSR count). The van der Waals surface area contributed by atoms with E-state index in [2.05, 4.69) is 30.3 Å². The van der Waals surface area contributed by atoms with Gasteiger partial charge in [0.25, 0.3) is 0 Å². The van der Waals surface area contributed by atoms with E-state index in [0.29, 0.717) is 5.41 Å². The van der Waals surface area contributed by atoms with Crippen LogP contribution in [0, 0.1) is 5.92 Å². The Kier molecular flexibility index (Phi) is 2.21. The molecule has 21 heavy (non-hydrogen) atoms. The van der Waals surface area contributed by atoms with Crippen molar-refractivity contribution in [3.05, 3.63) is 53.1 Å². The second kappa shape index (κ2) is 3.91. The molecule has 2 bridgehead atoms. The number of benzene rings is 2. The van der Waals surface area contributed by atoms with Gasteiger partial charge in [0.1, 0.15) is 0 Å². The van der Waals surface area contributed by atoms with Gasteiger partial charge in [-0.1, -0.05) is 29.8 Å². The Morgan fingerprint density at radius 3 is 2.95 bits per heavy atom. The summed E-state index contributed by atoms with van der Waals surface area (Å²) < 4.78 is 0. The first-order valence-corrected chi connectivity index (χ1v) is 8.26. The summed E-state index contributed by atoms with van der Waals surface area (Å²) >= 11 is 0. The molecule has 1 fully saturated rings. The summed E-state index contributed by atoms with van der Waals surface area (Å²) in [6.07, 6.45) is 10.4. The minimum Gasteiger partial charge on any atom is -0.398 e. The first-order chi connectivity index (χ1) is 10.3. The lowest BCUT2D eigenvalue weighted by molar-refractivity contribution is 0.270. The van der Waals surface area contributed by atoms with Crippen LogP contribution in [0.2, 0.25) is 0 Å². The highest BCUT2D eigenvalue weighted by molar-refractivity contribution is 5.94. The fourth-order valence-electron chi connectivity index (χ4n) is 5.31. The normalized spacial score (nSPS) is 29.9. The number of allylic oxidation sites excluding steroid dienone is 2. The van der Waals surface area contributed by atoms with E-state index in [9.17, 15) is 0 Å². The van der Waals surface area contributed by atoms with Crippen molar-refractivity contribution in [1.29, 1.82) is 0 Å². The van der Waals surface area contributed by atoms with Crippen molar-refractivity contribution >= 4 is 16.5 Å². The zero-order chi connectivity index (χ0) is 14.0. The van der Waals surface area contributed by atoms with Gasteiger partial charge in [0.2, 0.25) is 0 Å². The van der Waals surface area contributed by atoms with E-state index in [1.807, 2.05) is 6.07 Å². The number of nitrogen functional groups attached to an aromatic ring is 1. The van der Waals surface area contributed by atoms with Gasteiger partial charge in [0, 0.05) is 16.5 Å². The van der Waals surface area contributed by atoms with Crippen LogP contribution in [0.4, 0.5) is 5.69 Å². The van der Waals surface area contributed by atoms with E-state index in [1.165, 1.54) is 49.3 Å². The fraction of sp³-hybridized carbons (Fsp3) is 0.400. The number of hydrogen-bond donors (Lipinski definition) is 1. The smallest absolute Gasteiger partial charge is 0.0393 e. The van der Waals surface area contributed by atoms with Crippen LogP contribution < -0.4 is 5.73 Å². The molecule has 0 aromatic heterocycles. The summed E-state index contributed by atoms with van der Waals surface area (Å²) in [4.78, 5) is 0. The van der Waals surface area contributed by atoms with Crippen LogP contribution >= 0.6 is 0 Å². The lowest BCUT2D eigenvalue weighted by Crippen LogP contribution is -2.35. The Bertz CT molecular complexity index is 786. The van der Waals surface area contributed by atoms with Crippen LogP contribution in [-0.4, -0.2) is 0 Å². The zero-order valence-corrected chi connectivity index (χ0v) is 12.4. The van der Waals surface area contributed by atoms with E-state index >= 15 is 0 Å². The van der Waals surface area contributed by atoms with Gasteiger partial charge in [0.15, 0.2) is 0 Å². The molecule has 1 saturated carbocycles. The maximum atomic E-state index is 6.24. The lowest BCUT2D eigenvalue weighted by Gasteiger charge is -2.42. The van der Waals surface area contributed by atoms with Crippen molar-refractivity contribution < 1.29 is 0 Å². The largest absolute Gasteiger partial charge is 0.398 e. The minimum atomic E-state index is 0.439. The third kappa shape index (κ3) is 1.47. The quantitative estimate of drug-likeness (QED) is 0.545. The van der Waals surface area contributed by atoms with Gasteiger partial charge in [-0.2, -0.15) is 0 Å². The molecule has 2 aromatic carbocycles. The molecule has 0 radical (unpaired) electrons. The van der Waals surface area contributed by atoms with Crippen LogP contribution in [0.15, 0.2) is 42.0 Å². The summed E-state index contributed by atoms with van der Waals surface area (Å²) in [6, 6.07) is 11.2. The second-order valence-electron chi connectivity index (χ2n) is 7.26. The molecular weight excluding hydrogens is 254 g/mol. The number of aryl methyl sites for hydroxylation is 1. The number of anilines is 1. The Hall–Kier alpha value is -1.76. The van der Waals surface area contributed by atoms with E-state index in [-0.39, 0.29) is 0 Å². The highest BCUT2D eigenvalue weighted by Gasteiger charge is 2.49. The van der Waals surface area contributed by atoms with Crippen molar-refractivity contribution in [1.82, 2.24) is 0 Å². The highest BCUT2D eigenvalue weighted by Crippen LogP contribution is 2.59. The van der Waals surface area contributed by atoms with E-state index in [4.69, 9.17) is 5.73 Å². The maximum absolute atomic E-state index is 6.24. The molecule has 106 valence electrons. The van der Waals surface area contributed by atoms with Crippen molar-refractivity contribution in [3.63, 3.8) is 0 Å². The van der Waals surface area contributed by atoms with Gasteiger partial charge in [-0.15, -0.1) is 0 Å². The predicted molar refractivity (Wildman–Crippen MR) is 88.4 cm³/mol. The van der Waals surface area contributed by atoms with Crippen molar-refractivity contribution in [2.24, 2.45) is 5.92 Å². The van der Waals surface area contributed by atoms with Gasteiger partial charge in [-0.05, 0) is 73.1 Å². The van der Waals surface area contributed by atoms with E-state index in [1.54, 1.807) is 16.7 Å². The minimum absolute atomic E-state index is 0.439. The Labute approximate surface area is 125 Å². The fourth-order valence-corrected chi connectivity index (χ4v) is 5.31. The lowest BCUT2D eigenvalue weighted by atomic mass is 9.62. The van der Waals surface area contributed by atoms with Crippen LogP contribution in [0.25, 0.3) is 10.8 Å². The molecule has 1 heteroatoms. The van der Waals surface area contributed by atoms with E-state index in [0.717, 1.165) is 11.6 Å². The molecule has 2 atom stereocenters. The summed E-state index contributed by atoms with van der Waals surface area (Å²) in [6.45, 7) is 0. The van der Waals surface area contributed by atoms with Gasteiger partial charge in [-0.3, -0.25) is 0 Å². The molecule has 1 spiro atoms. The third-order valence-corrected chi connectivity index (χ3v) is 6.27. The van der Waals surface area contributed by atoms with Crippen LogP contribution in [0.3, 0.4) is 0 Å². The van der Waals surface area contributed by atoms with Gasteiger partial charge >= 0.3 is 0 Å². The summed E-state index contributed by atoms with van der Waals surface area (Å²) in [5.41, 5.74) is 12.5. The van der Waals surface area contributed by atoms with Crippen molar-refractivity contribution in [3.8, 4) is 0 Å². The third-order valence-electron chi connectivity index (χ3n) is 6.27. The first-order valence-electron chi connectivity index (χ1n) is 8.26. The topological polar surface area (TPSA) is 26.0 Å². The molecule has 2 N–H and O–H groups in total. The van der Waals surface area contributed by atoms with Gasteiger partial charge in [-0.25, -0.2) is 0 Å². The Morgan fingerprint density at radius 1 is 1.19 bits per heavy atom. The maximum Gasteiger partial charge on any atom is 0.0393 e. The van der Waals surface area contributed by atoms with Crippen molar-refractivity contribution in [2.45, 2.75) is 43.9 Å². The van der Waals surface area contributed by atoms with Crippen molar-refractivity contribution in [2.75, 3.05) is 5.73 Å². The molecule has 3 aliphatic rings. The van der Waals surface area contributed by atoms with Crippen LogP contribution in [0.1, 0.15) is 43.2 Å². The average molecular weight is 275 g/mol. The average Bonchev–Trinajstić information content (AvgIpc) is 3.08. The summed E-state index contributed by atoms with van der Waals surface area (Å²) in [7, 11) is 0. The van der Waals surface area contributed by atoms with Crippen LogP contribution in [0.5, 0.6) is 0 Å². The predicted octanol–water partition coefficient (Wildman–Crippen LogP) is 4.74. The molecule has 2 unspecified atom stereocenters. The molecule has 1 nitrogen and oxygen atoms in total. The van der Waals surface area contributed by atoms with Gasteiger partial charge in [0.05, 0.1) is 0 Å². The SMILES string of the molecule is Nc1cccc2cc3c(cc12)C1(CCC3)CC2=CCC1C2. The zero-order valence-electron chi connectivity index (χ0n) is 12.4. The number of hydrogen-bond acceptors (Lipinski definition) is 1. The molecule has 0 amide bonds. The Balaban J connectivity index is 1.79. The molecule has 0 saturated heterocycles. The standard InChI is InChI=1S/C20H21N/c21-19-5-1-3-14-10-15-4-2-8-20(18(15)11-17(14)19)12-13-6-7-16(20)9-13/h1,3,5-6,10-11,16H,2,4,7-9,12,21H2. The Morgan fingerprint density at radius 2 is 2.14 bits per heavy atom. The summed E-state index contributed by atoms with van der Waals surface area (Å²) in [5.74, 6) is 0.855. The molecule has 0 aliphatic heterocycles. The molecular formula is C20H21N. The van der Waals surface area contributed by atoms with Gasteiger partial charge < -0.3 is 5.73 Å². The van der Waals surface area contributed by atoms with E-state index < -0.39 is 0 Å². The molecule has 0 heterocycles. The number of nitrogens with two attached hydrogens (primary N) is 1. The monoisotopic (exact) mass is 275 g/mol. The summed E-state index contributed by atoms with van der Waals surface area (Å²) in [5, 5.41) is 2.57. The second-order valence-corrected chi connectivity index (χ2v) is 7.26. The first kappa shape index (κ1) is 11.9. The highest BCUT2D eigenvalue weighted by atomic mass is 14.6. The molecule has 3 aliphatic carbocycles. The number of rotatable bonds is 0. The van der Waals surface area contributed by atoms with Crippen LogP contribution in [-0.2, 0) is 11.8 Å².